The van der Waals surface area contributed by atoms with Gasteiger partial charge >= 0.3 is 0 Å². The molecule has 3 aromatic rings. The molecule has 4 atom stereocenters. The summed E-state index contributed by atoms with van der Waals surface area (Å²) in [7, 11) is 0. The molecule has 152 valence electrons. The fourth-order valence-electron chi connectivity index (χ4n) is 4.74. The normalized spacial score (nSPS) is 24.7. The number of halogens is 2. The van der Waals surface area contributed by atoms with Gasteiger partial charge < -0.3 is 10.1 Å². The standard InChI is InChI=1S/C24H20ClFN2O2/c25-18-4-2-1-3-16(18)17-6-5-15(13-19(17)26)28-24(29)23-21-8-7-20(30-21)22(23)14-9-11-27-12-10-14/h1-6,9-13,20-23H,7-8H2,(H,28,29)/t20-,21+,22+,23+/m0/s1. The summed E-state index contributed by atoms with van der Waals surface area (Å²) in [4.78, 5) is 17.2. The number of carbonyl (C=O) groups is 1. The van der Waals surface area contributed by atoms with Crippen LogP contribution in [0.2, 0.25) is 5.02 Å². The third kappa shape index (κ3) is 3.38. The van der Waals surface area contributed by atoms with Crippen LogP contribution < -0.4 is 5.32 Å². The molecule has 2 fully saturated rings. The molecule has 0 radical (unpaired) electrons. The Bertz CT molecular complexity index is 1090. The van der Waals surface area contributed by atoms with E-state index in [1.54, 1.807) is 42.7 Å². The van der Waals surface area contributed by atoms with Crippen molar-refractivity contribution in [3.8, 4) is 11.1 Å². The molecule has 1 N–H and O–H groups in total. The number of fused-ring (bicyclic) bond motifs is 2. The summed E-state index contributed by atoms with van der Waals surface area (Å²) in [5, 5.41) is 3.37. The van der Waals surface area contributed by atoms with E-state index in [0.29, 0.717) is 21.8 Å². The summed E-state index contributed by atoms with van der Waals surface area (Å²) < 4.78 is 20.8. The number of hydrogen-bond acceptors (Lipinski definition) is 3. The first kappa shape index (κ1) is 19.2. The minimum Gasteiger partial charge on any atom is -0.373 e. The zero-order valence-electron chi connectivity index (χ0n) is 16.1. The van der Waals surface area contributed by atoms with Crippen LogP contribution in [0.4, 0.5) is 10.1 Å². The number of rotatable bonds is 4. The molecule has 0 spiro atoms. The lowest BCUT2D eigenvalue weighted by atomic mass is 9.75. The van der Waals surface area contributed by atoms with Crippen molar-refractivity contribution in [3.05, 3.63) is 83.4 Å². The highest BCUT2D eigenvalue weighted by Crippen LogP contribution is 2.49. The third-order valence-electron chi connectivity index (χ3n) is 6.07. The zero-order valence-corrected chi connectivity index (χ0v) is 16.9. The summed E-state index contributed by atoms with van der Waals surface area (Å²) in [6.07, 6.45) is 5.21. The van der Waals surface area contributed by atoms with Gasteiger partial charge in [-0.15, -0.1) is 0 Å². The minimum absolute atomic E-state index is 0.0148. The van der Waals surface area contributed by atoms with Crippen molar-refractivity contribution in [3.63, 3.8) is 0 Å². The van der Waals surface area contributed by atoms with Crippen LogP contribution in [0, 0.1) is 11.7 Å². The van der Waals surface area contributed by atoms with E-state index < -0.39 is 5.82 Å². The Balaban J connectivity index is 1.39. The van der Waals surface area contributed by atoms with Crippen LogP contribution in [0.1, 0.15) is 24.3 Å². The van der Waals surface area contributed by atoms with Gasteiger partial charge in [0.15, 0.2) is 0 Å². The van der Waals surface area contributed by atoms with Crippen molar-refractivity contribution in [2.45, 2.75) is 31.0 Å². The lowest BCUT2D eigenvalue weighted by Crippen LogP contribution is -2.36. The number of carbonyl (C=O) groups excluding carboxylic acids is 1. The molecule has 2 bridgehead atoms. The van der Waals surface area contributed by atoms with E-state index >= 15 is 0 Å². The molecule has 0 unspecified atom stereocenters. The quantitative estimate of drug-likeness (QED) is 0.609. The van der Waals surface area contributed by atoms with Crippen molar-refractivity contribution in [2.24, 2.45) is 5.92 Å². The summed E-state index contributed by atoms with van der Waals surface area (Å²) in [5.41, 5.74) is 2.49. The summed E-state index contributed by atoms with van der Waals surface area (Å²) >= 11 is 6.20. The molecule has 0 aliphatic carbocycles. The highest BCUT2D eigenvalue weighted by Gasteiger charge is 2.52. The number of pyridine rings is 1. The van der Waals surface area contributed by atoms with Gasteiger partial charge in [-0.25, -0.2) is 4.39 Å². The summed E-state index contributed by atoms with van der Waals surface area (Å²) in [6.45, 7) is 0. The second kappa shape index (κ2) is 7.82. The Morgan fingerprint density at radius 3 is 2.57 bits per heavy atom. The number of amides is 1. The molecular formula is C24H20ClFN2O2. The first-order valence-electron chi connectivity index (χ1n) is 10.0. The summed E-state index contributed by atoms with van der Waals surface area (Å²) in [5.74, 6) is -0.902. The van der Waals surface area contributed by atoms with E-state index in [9.17, 15) is 9.18 Å². The molecule has 4 nitrogen and oxygen atoms in total. The average molecular weight is 423 g/mol. The van der Waals surface area contributed by atoms with Crippen molar-refractivity contribution < 1.29 is 13.9 Å². The van der Waals surface area contributed by atoms with Gasteiger partial charge in [0.25, 0.3) is 0 Å². The lowest BCUT2D eigenvalue weighted by molar-refractivity contribution is -0.121. The van der Waals surface area contributed by atoms with E-state index in [0.717, 1.165) is 18.4 Å². The van der Waals surface area contributed by atoms with Crippen LogP contribution >= 0.6 is 11.6 Å². The van der Waals surface area contributed by atoms with Gasteiger partial charge in [0, 0.05) is 40.1 Å². The van der Waals surface area contributed by atoms with E-state index in [2.05, 4.69) is 10.3 Å². The predicted molar refractivity (Wildman–Crippen MR) is 114 cm³/mol. The minimum atomic E-state index is -0.434. The Morgan fingerprint density at radius 1 is 1.03 bits per heavy atom. The number of ether oxygens (including phenoxy) is 1. The molecule has 1 aromatic heterocycles. The molecule has 30 heavy (non-hydrogen) atoms. The van der Waals surface area contributed by atoms with Crippen molar-refractivity contribution in [2.75, 3.05) is 5.32 Å². The second-order valence-corrected chi connectivity index (χ2v) is 8.19. The molecule has 5 rings (SSSR count). The largest absolute Gasteiger partial charge is 0.373 e. The number of benzene rings is 2. The van der Waals surface area contributed by atoms with Gasteiger partial charge in [0.2, 0.25) is 5.91 Å². The molecule has 2 aliphatic heterocycles. The maximum atomic E-state index is 14.8. The highest BCUT2D eigenvalue weighted by atomic mass is 35.5. The van der Waals surface area contributed by atoms with Gasteiger partial charge in [0.05, 0.1) is 18.1 Å². The van der Waals surface area contributed by atoms with Crippen LogP contribution in [0.5, 0.6) is 0 Å². The maximum Gasteiger partial charge on any atom is 0.230 e. The number of nitrogens with one attached hydrogen (secondary N) is 1. The van der Waals surface area contributed by atoms with Crippen LogP contribution in [-0.4, -0.2) is 23.1 Å². The Kier molecular flexibility index (Phi) is 5.01. The van der Waals surface area contributed by atoms with Crippen LogP contribution in [-0.2, 0) is 9.53 Å². The Morgan fingerprint density at radius 2 is 1.80 bits per heavy atom. The summed E-state index contributed by atoms with van der Waals surface area (Å²) in [6, 6.07) is 15.7. The highest BCUT2D eigenvalue weighted by molar-refractivity contribution is 6.33. The first-order valence-corrected chi connectivity index (χ1v) is 10.4. The SMILES string of the molecule is O=C(Nc1ccc(-c2ccccc2Cl)c(F)c1)[C@H]1[C@H](c2ccncc2)[C@@H]2CC[C@H]1O2. The maximum absolute atomic E-state index is 14.8. The van der Waals surface area contributed by atoms with Crippen LogP contribution in [0.3, 0.4) is 0 Å². The fourth-order valence-corrected chi connectivity index (χ4v) is 4.97. The van der Waals surface area contributed by atoms with Gasteiger partial charge in [-0.05, 0) is 54.8 Å². The average Bonchev–Trinajstić information content (AvgIpc) is 3.37. The topological polar surface area (TPSA) is 51.2 Å². The van der Waals surface area contributed by atoms with E-state index in [-0.39, 0.29) is 30.0 Å². The Hall–Kier alpha value is -2.76. The molecule has 2 saturated heterocycles. The smallest absolute Gasteiger partial charge is 0.230 e. The van der Waals surface area contributed by atoms with Gasteiger partial charge in [0.1, 0.15) is 5.82 Å². The molecule has 6 heteroatoms. The van der Waals surface area contributed by atoms with E-state index in [4.69, 9.17) is 16.3 Å². The van der Waals surface area contributed by atoms with Crippen molar-refractivity contribution in [1.82, 2.24) is 4.98 Å². The zero-order chi connectivity index (χ0) is 20.7. The first-order chi connectivity index (χ1) is 14.6. The molecule has 2 aliphatic rings. The molecule has 3 heterocycles. The number of hydrogen-bond donors (Lipinski definition) is 1. The third-order valence-corrected chi connectivity index (χ3v) is 6.40. The predicted octanol–water partition coefficient (Wildman–Crippen LogP) is 5.44. The van der Waals surface area contributed by atoms with Crippen LogP contribution in [0.25, 0.3) is 11.1 Å². The van der Waals surface area contributed by atoms with Crippen molar-refractivity contribution >= 4 is 23.2 Å². The van der Waals surface area contributed by atoms with E-state index in [1.807, 2.05) is 18.2 Å². The van der Waals surface area contributed by atoms with Crippen LogP contribution in [0.15, 0.2) is 67.0 Å². The van der Waals surface area contributed by atoms with E-state index in [1.165, 1.54) is 6.07 Å². The van der Waals surface area contributed by atoms with Crippen molar-refractivity contribution in [1.29, 1.82) is 0 Å². The molecule has 2 aromatic carbocycles. The lowest BCUT2D eigenvalue weighted by Gasteiger charge is -2.27. The fraction of sp³-hybridized carbons (Fsp3) is 0.250. The number of nitrogens with zero attached hydrogens (tertiary/aromatic N) is 1. The monoisotopic (exact) mass is 422 g/mol. The number of anilines is 1. The second-order valence-electron chi connectivity index (χ2n) is 7.79. The molecular weight excluding hydrogens is 403 g/mol. The Labute approximate surface area is 179 Å². The van der Waals surface area contributed by atoms with Gasteiger partial charge in [-0.2, -0.15) is 0 Å². The number of aromatic nitrogens is 1. The molecule has 0 saturated carbocycles. The van der Waals surface area contributed by atoms with Gasteiger partial charge in [-0.3, -0.25) is 9.78 Å². The molecule has 1 amide bonds. The van der Waals surface area contributed by atoms with Gasteiger partial charge in [-0.1, -0.05) is 29.8 Å².